The van der Waals surface area contributed by atoms with E-state index < -0.39 is 0 Å². The van der Waals surface area contributed by atoms with Gasteiger partial charge in [0, 0.05) is 46.8 Å². The fraction of sp³-hybridized carbons (Fsp3) is 0.267. The van der Waals surface area contributed by atoms with E-state index in [1.165, 1.54) is 10.9 Å². The molecule has 3 aromatic carbocycles. The molecule has 0 aliphatic carbocycles. The largest absolute Gasteiger partial charge is 0.361 e. The van der Waals surface area contributed by atoms with Gasteiger partial charge in [-0.2, -0.15) is 0 Å². The van der Waals surface area contributed by atoms with E-state index in [4.69, 9.17) is 0 Å². The SMILES string of the molecule is CCCCN(CC(=O)N(CCc1c[nH]c2ccccc12)Cc1ccccc1)C(=O)c1cccc(Br)c1. The summed E-state index contributed by atoms with van der Waals surface area (Å²) in [4.78, 5) is 33.9. The molecule has 0 aliphatic heterocycles. The molecule has 0 atom stereocenters. The third-order valence-corrected chi connectivity index (χ3v) is 6.85. The van der Waals surface area contributed by atoms with E-state index in [1.807, 2.05) is 71.8 Å². The molecule has 186 valence electrons. The number of carbonyl (C=O) groups excluding carboxylic acids is 2. The number of para-hydroxylation sites is 1. The minimum absolute atomic E-state index is 0.0434. The Hall–Kier alpha value is -3.38. The molecule has 6 heteroatoms. The van der Waals surface area contributed by atoms with Crippen LogP contribution in [0.25, 0.3) is 10.9 Å². The minimum atomic E-state index is -0.116. The molecule has 36 heavy (non-hydrogen) atoms. The first-order valence-corrected chi connectivity index (χ1v) is 13.3. The lowest BCUT2D eigenvalue weighted by molar-refractivity contribution is -0.132. The predicted octanol–water partition coefficient (Wildman–Crippen LogP) is 6.44. The van der Waals surface area contributed by atoms with Gasteiger partial charge in [-0.1, -0.05) is 83.9 Å². The predicted molar refractivity (Wildman–Crippen MR) is 149 cm³/mol. The molecular formula is C30H32BrN3O2. The number of H-pyrrole nitrogens is 1. The Balaban J connectivity index is 1.53. The van der Waals surface area contributed by atoms with Gasteiger partial charge in [0.05, 0.1) is 0 Å². The van der Waals surface area contributed by atoms with Crippen LogP contribution < -0.4 is 0 Å². The second kappa shape index (κ2) is 12.5. The fourth-order valence-electron chi connectivity index (χ4n) is 4.36. The maximum Gasteiger partial charge on any atom is 0.254 e. The molecule has 0 unspecified atom stereocenters. The second-order valence-electron chi connectivity index (χ2n) is 9.00. The Kier molecular flexibility index (Phi) is 8.95. The van der Waals surface area contributed by atoms with Crippen molar-refractivity contribution in [2.24, 2.45) is 0 Å². The van der Waals surface area contributed by atoms with Crippen LogP contribution in [-0.2, 0) is 17.8 Å². The molecule has 4 aromatic rings. The van der Waals surface area contributed by atoms with Crippen LogP contribution in [0.2, 0.25) is 0 Å². The molecule has 4 rings (SSSR count). The van der Waals surface area contributed by atoms with Crippen molar-refractivity contribution in [3.05, 3.63) is 106 Å². The first-order valence-electron chi connectivity index (χ1n) is 12.5. The molecule has 0 radical (unpaired) electrons. The third-order valence-electron chi connectivity index (χ3n) is 6.36. The average molecular weight is 547 g/mol. The minimum Gasteiger partial charge on any atom is -0.361 e. The van der Waals surface area contributed by atoms with Crippen LogP contribution in [0.1, 0.15) is 41.3 Å². The van der Waals surface area contributed by atoms with Gasteiger partial charge in [-0.05, 0) is 48.2 Å². The van der Waals surface area contributed by atoms with Gasteiger partial charge in [0.15, 0.2) is 0 Å². The zero-order valence-electron chi connectivity index (χ0n) is 20.6. The topological polar surface area (TPSA) is 56.4 Å². The van der Waals surface area contributed by atoms with E-state index in [0.29, 0.717) is 25.2 Å². The number of unbranched alkanes of at least 4 members (excludes halogenated alkanes) is 1. The molecule has 0 aliphatic rings. The number of benzene rings is 3. The highest BCUT2D eigenvalue weighted by Gasteiger charge is 2.23. The number of amides is 2. The quantitative estimate of drug-likeness (QED) is 0.235. The van der Waals surface area contributed by atoms with Crippen LogP contribution in [0.4, 0.5) is 0 Å². The molecule has 5 nitrogen and oxygen atoms in total. The number of hydrogen-bond donors (Lipinski definition) is 1. The van der Waals surface area contributed by atoms with Crippen LogP contribution in [-0.4, -0.2) is 46.2 Å². The molecule has 1 heterocycles. The van der Waals surface area contributed by atoms with Crippen LogP contribution in [0.3, 0.4) is 0 Å². The number of rotatable bonds is 11. The monoisotopic (exact) mass is 545 g/mol. The number of halogens is 1. The van der Waals surface area contributed by atoms with Gasteiger partial charge < -0.3 is 14.8 Å². The first kappa shape index (κ1) is 25.7. The Bertz CT molecular complexity index is 1300. The van der Waals surface area contributed by atoms with Gasteiger partial charge in [0.1, 0.15) is 6.54 Å². The summed E-state index contributed by atoms with van der Waals surface area (Å²) in [5.41, 5.74) is 3.94. The Morgan fingerprint density at radius 1 is 0.889 bits per heavy atom. The first-order chi connectivity index (χ1) is 17.5. The highest BCUT2D eigenvalue weighted by atomic mass is 79.9. The lowest BCUT2D eigenvalue weighted by Crippen LogP contribution is -2.43. The Labute approximate surface area is 221 Å². The summed E-state index contributed by atoms with van der Waals surface area (Å²) in [5.74, 6) is -0.160. The maximum atomic E-state index is 13.7. The van der Waals surface area contributed by atoms with Crippen LogP contribution in [0.5, 0.6) is 0 Å². The normalized spacial score (nSPS) is 10.9. The van der Waals surface area contributed by atoms with Crippen molar-refractivity contribution < 1.29 is 9.59 Å². The molecule has 0 fully saturated rings. The summed E-state index contributed by atoms with van der Waals surface area (Å²) < 4.78 is 0.847. The highest BCUT2D eigenvalue weighted by Crippen LogP contribution is 2.19. The number of fused-ring (bicyclic) bond motifs is 1. The van der Waals surface area contributed by atoms with Crippen molar-refractivity contribution in [1.29, 1.82) is 0 Å². The molecule has 0 bridgehead atoms. The van der Waals surface area contributed by atoms with Gasteiger partial charge in [0.25, 0.3) is 5.91 Å². The molecule has 1 N–H and O–H groups in total. The molecule has 0 spiro atoms. The lowest BCUT2D eigenvalue weighted by Gasteiger charge is -2.28. The number of nitrogens with one attached hydrogen (secondary N) is 1. The highest BCUT2D eigenvalue weighted by molar-refractivity contribution is 9.10. The molecule has 1 aromatic heterocycles. The number of hydrogen-bond acceptors (Lipinski definition) is 2. The summed E-state index contributed by atoms with van der Waals surface area (Å²) in [5, 5.41) is 1.18. The van der Waals surface area contributed by atoms with Crippen molar-refractivity contribution in [3.8, 4) is 0 Å². The smallest absolute Gasteiger partial charge is 0.254 e. The molecular weight excluding hydrogens is 514 g/mol. The number of aromatic amines is 1. The van der Waals surface area contributed by atoms with E-state index >= 15 is 0 Å². The standard InChI is InChI=1S/C30H32BrN3O2/c1-2-3-17-34(30(36)24-12-9-13-26(31)19-24)22-29(35)33(21-23-10-5-4-6-11-23)18-16-25-20-32-28-15-8-7-14-27(25)28/h4-15,19-20,32H,2-3,16-18,21-22H2,1H3. The van der Waals surface area contributed by atoms with Crippen molar-refractivity contribution in [2.75, 3.05) is 19.6 Å². The Morgan fingerprint density at radius 3 is 2.44 bits per heavy atom. The van der Waals surface area contributed by atoms with Crippen LogP contribution in [0.15, 0.2) is 89.5 Å². The number of aromatic nitrogens is 1. The van der Waals surface area contributed by atoms with Crippen molar-refractivity contribution in [3.63, 3.8) is 0 Å². The zero-order valence-corrected chi connectivity index (χ0v) is 22.2. The van der Waals surface area contributed by atoms with E-state index in [2.05, 4.69) is 40.0 Å². The summed E-state index contributed by atoms with van der Waals surface area (Å²) in [6.45, 7) is 3.78. The lowest BCUT2D eigenvalue weighted by atomic mass is 10.1. The Morgan fingerprint density at radius 2 is 1.67 bits per heavy atom. The zero-order chi connectivity index (χ0) is 25.3. The summed E-state index contributed by atoms with van der Waals surface area (Å²) in [7, 11) is 0. The van der Waals surface area contributed by atoms with E-state index in [9.17, 15) is 9.59 Å². The molecule has 2 amide bonds. The number of carbonyl (C=O) groups is 2. The van der Waals surface area contributed by atoms with E-state index in [1.54, 1.807) is 11.0 Å². The summed E-state index contributed by atoms with van der Waals surface area (Å²) in [6, 6.07) is 25.6. The van der Waals surface area contributed by atoms with Gasteiger partial charge in [-0.25, -0.2) is 0 Å². The van der Waals surface area contributed by atoms with Gasteiger partial charge in [0.2, 0.25) is 5.91 Å². The maximum absolute atomic E-state index is 13.7. The van der Waals surface area contributed by atoms with E-state index in [-0.39, 0.29) is 18.4 Å². The third kappa shape index (κ3) is 6.64. The van der Waals surface area contributed by atoms with Crippen molar-refractivity contribution in [2.45, 2.75) is 32.7 Å². The van der Waals surface area contributed by atoms with Crippen LogP contribution >= 0.6 is 15.9 Å². The second-order valence-corrected chi connectivity index (χ2v) is 9.92. The van der Waals surface area contributed by atoms with Gasteiger partial charge >= 0.3 is 0 Å². The summed E-state index contributed by atoms with van der Waals surface area (Å²) >= 11 is 3.45. The molecule has 0 saturated carbocycles. The van der Waals surface area contributed by atoms with Crippen molar-refractivity contribution >= 4 is 38.6 Å². The molecule has 0 saturated heterocycles. The van der Waals surface area contributed by atoms with Gasteiger partial charge in [-0.3, -0.25) is 9.59 Å². The average Bonchev–Trinajstić information content (AvgIpc) is 3.32. The van der Waals surface area contributed by atoms with E-state index in [0.717, 1.165) is 34.8 Å². The summed E-state index contributed by atoms with van der Waals surface area (Å²) in [6.07, 6.45) is 4.56. The van der Waals surface area contributed by atoms with Crippen molar-refractivity contribution in [1.82, 2.24) is 14.8 Å². The van der Waals surface area contributed by atoms with Gasteiger partial charge in [-0.15, -0.1) is 0 Å². The number of nitrogens with zero attached hydrogens (tertiary/aromatic N) is 2. The van der Waals surface area contributed by atoms with Crippen LogP contribution in [0, 0.1) is 0 Å². The fourth-order valence-corrected chi connectivity index (χ4v) is 4.76.